The second-order valence-electron chi connectivity index (χ2n) is 8.56. The van der Waals surface area contributed by atoms with E-state index in [9.17, 15) is 4.79 Å². The monoisotopic (exact) mass is 558 g/mol. The molecule has 4 rings (SSSR count). The fraction of sp³-hybridized carbons (Fsp3) is 0.407. The molecule has 6 heteroatoms. The molecule has 176 valence electrons. The van der Waals surface area contributed by atoms with Gasteiger partial charge in [0.2, 0.25) is 5.91 Å². The fourth-order valence-electron chi connectivity index (χ4n) is 4.46. The van der Waals surface area contributed by atoms with Crippen LogP contribution in [0.4, 0.5) is 0 Å². The van der Waals surface area contributed by atoms with Gasteiger partial charge in [-0.3, -0.25) is 4.79 Å². The van der Waals surface area contributed by atoms with E-state index in [2.05, 4.69) is 77.8 Å². The lowest BCUT2D eigenvalue weighted by molar-refractivity contribution is -0.128. The van der Waals surface area contributed by atoms with E-state index < -0.39 is 0 Å². The Morgan fingerprint density at radius 2 is 1.67 bits per heavy atom. The summed E-state index contributed by atoms with van der Waals surface area (Å²) in [6.45, 7) is 7.12. The van der Waals surface area contributed by atoms with Crippen molar-refractivity contribution < 1.29 is 4.79 Å². The molecule has 0 atom stereocenters. The van der Waals surface area contributed by atoms with Crippen LogP contribution in [0, 0.1) is 0 Å². The molecule has 0 spiro atoms. The molecule has 0 saturated carbocycles. The third-order valence-corrected chi connectivity index (χ3v) is 6.26. The van der Waals surface area contributed by atoms with Crippen LogP contribution in [0.15, 0.2) is 65.2 Å². The van der Waals surface area contributed by atoms with Crippen LogP contribution in [0.2, 0.25) is 0 Å². The van der Waals surface area contributed by atoms with Crippen molar-refractivity contribution in [1.29, 1.82) is 0 Å². The van der Waals surface area contributed by atoms with Gasteiger partial charge in [-0.05, 0) is 42.9 Å². The Morgan fingerprint density at radius 1 is 0.970 bits per heavy atom. The fourth-order valence-corrected chi connectivity index (χ4v) is 4.46. The summed E-state index contributed by atoms with van der Waals surface area (Å²) in [6, 6.07) is 19.0. The molecule has 2 saturated heterocycles. The Kier molecular flexibility index (Phi) is 9.78. The van der Waals surface area contributed by atoms with E-state index in [0.717, 1.165) is 51.4 Å². The summed E-state index contributed by atoms with van der Waals surface area (Å²) < 4.78 is 0. The zero-order valence-electron chi connectivity index (χ0n) is 19.5. The molecule has 2 aromatic carbocycles. The van der Waals surface area contributed by atoms with Crippen molar-refractivity contribution in [3.8, 4) is 0 Å². The molecule has 2 heterocycles. The number of rotatable bonds is 6. The molecule has 2 aliphatic rings. The molecule has 1 amide bonds. The van der Waals surface area contributed by atoms with Crippen LogP contribution in [0.1, 0.15) is 49.3 Å². The van der Waals surface area contributed by atoms with Gasteiger partial charge in [0.15, 0.2) is 5.96 Å². The van der Waals surface area contributed by atoms with Gasteiger partial charge in [-0.15, -0.1) is 24.0 Å². The summed E-state index contributed by atoms with van der Waals surface area (Å²) in [5, 5.41) is 3.48. The number of halogens is 1. The maximum absolute atomic E-state index is 12.1. The van der Waals surface area contributed by atoms with Gasteiger partial charge >= 0.3 is 0 Å². The topological polar surface area (TPSA) is 47.9 Å². The Balaban J connectivity index is 0.00000306. The summed E-state index contributed by atoms with van der Waals surface area (Å²) in [5.41, 5.74) is 5.19. The molecule has 1 N–H and O–H groups in total. The maximum Gasteiger partial charge on any atom is 0.222 e. The van der Waals surface area contributed by atoms with Crippen molar-refractivity contribution in [2.45, 2.75) is 45.7 Å². The molecule has 2 aromatic rings. The average Bonchev–Trinajstić information content (AvgIpc) is 3.23. The first kappa shape index (κ1) is 25.3. The Bertz CT molecular complexity index is 963. The van der Waals surface area contributed by atoms with E-state index in [4.69, 9.17) is 4.99 Å². The second kappa shape index (κ2) is 12.8. The highest BCUT2D eigenvalue weighted by Crippen LogP contribution is 2.21. The smallest absolute Gasteiger partial charge is 0.222 e. The van der Waals surface area contributed by atoms with Gasteiger partial charge in [0.1, 0.15) is 0 Å². The minimum absolute atomic E-state index is 0. The van der Waals surface area contributed by atoms with Crippen LogP contribution >= 0.6 is 24.0 Å². The van der Waals surface area contributed by atoms with Crippen molar-refractivity contribution >= 4 is 41.9 Å². The van der Waals surface area contributed by atoms with E-state index in [0.29, 0.717) is 19.5 Å². The van der Waals surface area contributed by atoms with Crippen molar-refractivity contribution in [1.82, 2.24) is 15.1 Å². The summed E-state index contributed by atoms with van der Waals surface area (Å²) in [5.74, 6) is 1.25. The van der Waals surface area contributed by atoms with Crippen LogP contribution in [0.25, 0.3) is 6.08 Å². The number of benzene rings is 2. The molecule has 2 aliphatic heterocycles. The first-order chi connectivity index (χ1) is 15.7. The van der Waals surface area contributed by atoms with Gasteiger partial charge in [-0.1, -0.05) is 66.2 Å². The minimum atomic E-state index is 0. The summed E-state index contributed by atoms with van der Waals surface area (Å²) in [7, 11) is 0. The van der Waals surface area contributed by atoms with Gasteiger partial charge in [0.25, 0.3) is 0 Å². The number of hydrogen-bond acceptors (Lipinski definition) is 2. The summed E-state index contributed by atoms with van der Waals surface area (Å²) in [6.07, 6.45) is 6.11. The molecule has 0 aliphatic carbocycles. The maximum atomic E-state index is 12.1. The molecule has 0 unspecified atom stereocenters. The van der Waals surface area contributed by atoms with Crippen molar-refractivity contribution in [3.05, 3.63) is 76.9 Å². The van der Waals surface area contributed by atoms with Crippen molar-refractivity contribution in [3.63, 3.8) is 0 Å². The van der Waals surface area contributed by atoms with Gasteiger partial charge in [0, 0.05) is 39.1 Å². The number of nitrogens with zero attached hydrogens (tertiary/aromatic N) is 3. The molecule has 0 aromatic heterocycles. The standard InChI is InChI=1S/C27H34N4O.HI/c1-2-28-27(30-17-14-23(15-18-30)19-22-9-4-3-5-10-22)29-20-24-11-6-7-12-25(24)21-31-16-8-13-26(31)32;/h3-7,9-12,19H,2,8,13-18,20-21H2,1H3,(H,28,29);1H. The first-order valence-corrected chi connectivity index (χ1v) is 11.8. The molecule has 0 bridgehead atoms. The molecular weight excluding hydrogens is 523 g/mol. The largest absolute Gasteiger partial charge is 0.357 e. The quantitative estimate of drug-likeness (QED) is 0.306. The number of hydrogen-bond donors (Lipinski definition) is 1. The highest BCUT2D eigenvalue weighted by Gasteiger charge is 2.21. The predicted molar refractivity (Wildman–Crippen MR) is 147 cm³/mol. The third kappa shape index (κ3) is 7.06. The molecule has 2 fully saturated rings. The lowest BCUT2D eigenvalue weighted by atomic mass is 10.0. The highest BCUT2D eigenvalue weighted by molar-refractivity contribution is 14.0. The van der Waals surface area contributed by atoms with E-state index in [-0.39, 0.29) is 29.9 Å². The Labute approximate surface area is 215 Å². The summed E-state index contributed by atoms with van der Waals surface area (Å²) >= 11 is 0. The number of likely N-dealkylation sites (tertiary alicyclic amines) is 2. The lowest BCUT2D eigenvalue weighted by Crippen LogP contribution is -2.44. The van der Waals surface area contributed by atoms with E-state index >= 15 is 0 Å². The van der Waals surface area contributed by atoms with Gasteiger partial charge < -0.3 is 15.1 Å². The van der Waals surface area contributed by atoms with Crippen LogP contribution < -0.4 is 5.32 Å². The average molecular weight is 559 g/mol. The number of carbonyl (C=O) groups is 1. The van der Waals surface area contributed by atoms with Crippen molar-refractivity contribution in [2.75, 3.05) is 26.2 Å². The van der Waals surface area contributed by atoms with Crippen LogP contribution in [0.3, 0.4) is 0 Å². The lowest BCUT2D eigenvalue weighted by Gasteiger charge is -2.31. The van der Waals surface area contributed by atoms with E-state index in [1.165, 1.54) is 22.3 Å². The Morgan fingerprint density at radius 3 is 2.33 bits per heavy atom. The number of aliphatic imine (C=N–C) groups is 1. The molecule has 33 heavy (non-hydrogen) atoms. The summed E-state index contributed by atoms with van der Waals surface area (Å²) in [4.78, 5) is 21.4. The van der Waals surface area contributed by atoms with Crippen LogP contribution in [-0.2, 0) is 17.9 Å². The number of carbonyl (C=O) groups excluding carboxylic acids is 1. The normalized spacial score (nSPS) is 16.6. The number of guanidine groups is 1. The number of nitrogens with one attached hydrogen (secondary N) is 1. The minimum Gasteiger partial charge on any atom is -0.357 e. The SMILES string of the molecule is CCNC(=NCc1ccccc1CN1CCCC1=O)N1CCC(=Cc2ccccc2)CC1.I. The van der Waals surface area contributed by atoms with Crippen molar-refractivity contribution in [2.24, 2.45) is 4.99 Å². The van der Waals surface area contributed by atoms with E-state index in [1.807, 2.05) is 4.90 Å². The van der Waals surface area contributed by atoms with Crippen LogP contribution in [0.5, 0.6) is 0 Å². The molecule has 5 nitrogen and oxygen atoms in total. The van der Waals surface area contributed by atoms with Gasteiger partial charge in [-0.25, -0.2) is 4.99 Å². The second-order valence-corrected chi connectivity index (χ2v) is 8.56. The zero-order valence-corrected chi connectivity index (χ0v) is 21.8. The number of piperidine rings is 1. The van der Waals surface area contributed by atoms with Crippen LogP contribution in [-0.4, -0.2) is 47.8 Å². The van der Waals surface area contributed by atoms with Gasteiger partial charge in [-0.2, -0.15) is 0 Å². The zero-order chi connectivity index (χ0) is 22.2. The molecular formula is C27H35IN4O. The molecule has 0 radical (unpaired) electrons. The first-order valence-electron chi connectivity index (χ1n) is 11.8. The Hall–Kier alpha value is -2.35. The third-order valence-electron chi connectivity index (χ3n) is 6.26. The predicted octanol–water partition coefficient (Wildman–Crippen LogP) is 5.07. The highest BCUT2D eigenvalue weighted by atomic mass is 127. The number of amides is 1. The van der Waals surface area contributed by atoms with Gasteiger partial charge in [0.05, 0.1) is 6.54 Å². The van der Waals surface area contributed by atoms with E-state index in [1.54, 1.807) is 0 Å².